The van der Waals surface area contributed by atoms with Crippen LogP contribution in [0.3, 0.4) is 0 Å². The molecule has 1 N–H and O–H groups in total. The highest BCUT2D eigenvalue weighted by molar-refractivity contribution is 8.13. The molecule has 0 atom stereocenters. The minimum Gasteiger partial charge on any atom is -0.328 e. The molecule has 0 saturated carbocycles. The molecule has 0 aliphatic heterocycles. The van der Waals surface area contributed by atoms with Gasteiger partial charge in [-0.1, -0.05) is 6.92 Å². The third kappa shape index (κ3) is 2.94. The molecule has 0 saturated heterocycles. The molecule has 0 aliphatic carbocycles. The van der Waals surface area contributed by atoms with E-state index in [1.807, 2.05) is 6.92 Å². The molecule has 0 fully saturated rings. The molecule has 0 heterocycles. The lowest BCUT2D eigenvalue weighted by molar-refractivity contribution is -0.105. The Hall–Kier alpha value is -1.07. The molecule has 1 aromatic rings. The smallest absolute Gasteiger partial charge is 0.261 e. The summed E-state index contributed by atoms with van der Waals surface area (Å²) in [6.45, 7) is 1.86. The van der Waals surface area contributed by atoms with Crippen LogP contribution in [0.2, 0.25) is 0 Å². The van der Waals surface area contributed by atoms with E-state index in [-0.39, 0.29) is 4.90 Å². The Morgan fingerprint density at radius 3 is 2.60 bits per heavy atom. The number of anilines is 1. The van der Waals surface area contributed by atoms with Crippen LogP contribution >= 0.6 is 10.7 Å². The van der Waals surface area contributed by atoms with Gasteiger partial charge in [0.05, 0.1) is 4.90 Å². The first kappa shape index (κ1) is 12.0. The molecule has 0 unspecified atom stereocenters. The van der Waals surface area contributed by atoms with Gasteiger partial charge < -0.3 is 5.32 Å². The van der Waals surface area contributed by atoms with Crippen LogP contribution in [-0.4, -0.2) is 14.8 Å². The summed E-state index contributed by atoms with van der Waals surface area (Å²) < 4.78 is 22.1. The highest BCUT2D eigenvalue weighted by Gasteiger charge is 2.11. The first-order valence-corrected chi connectivity index (χ1v) is 6.57. The number of hydrogen-bond donors (Lipinski definition) is 1. The van der Waals surface area contributed by atoms with Crippen LogP contribution < -0.4 is 5.32 Å². The zero-order chi connectivity index (χ0) is 11.5. The third-order valence-corrected chi connectivity index (χ3v) is 3.31. The monoisotopic (exact) mass is 247 g/mol. The average molecular weight is 248 g/mol. The zero-order valence-electron chi connectivity index (χ0n) is 8.03. The standard InChI is InChI=1S/C9H10ClNO3S/c1-2-7-5-8(15(10,13)14)3-4-9(7)11-6-12/h3-6H,2H2,1H3,(H,11,12). The van der Waals surface area contributed by atoms with Gasteiger partial charge in [-0.25, -0.2) is 8.42 Å². The van der Waals surface area contributed by atoms with E-state index in [4.69, 9.17) is 10.7 Å². The molecule has 1 amide bonds. The molecule has 15 heavy (non-hydrogen) atoms. The second kappa shape index (κ2) is 4.63. The van der Waals surface area contributed by atoms with Crippen LogP contribution in [0.15, 0.2) is 23.1 Å². The molecule has 0 spiro atoms. The van der Waals surface area contributed by atoms with E-state index in [9.17, 15) is 13.2 Å². The van der Waals surface area contributed by atoms with Gasteiger partial charge in [-0.3, -0.25) is 4.79 Å². The van der Waals surface area contributed by atoms with Gasteiger partial charge in [0.1, 0.15) is 0 Å². The number of nitrogens with one attached hydrogen (secondary N) is 1. The summed E-state index contributed by atoms with van der Waals surface area (Å²) in [7, 11) is 1.49. The maximum absolute atomic E-state index is 11.0. The van der Waals surface area contributed by atoms with Crippen molar-refractivity contribution >= 4 is 31.8 Å². The van der Waals surface area contributed by atoms with Gasteiger partial charge in [-0.2, -0.15) is 0 Å². The Morgan fingerprint density at radius 1 is 1.47 bits per heavy atom. The highest BCUT2D eigenvalue weighted by atomic mass is 35.7. The number of carbonyl (C=O) groups excluding carboxylic acids is 1. The molecule has 6 heteroatoms. The van der Waals surface area contributed by atoms with Gasteiger partial charge in [0.2, 0.25) is 6.41 Å². The molecular weight excluding hydrogens is 238 g/mol. The zero-order valence-corrected chi connectivity index (χ0v) is 9.60. The number of hydrogen-bond acceptors (Lipinski definition) is 3. The molecule has 0 radical (unpaired) electrons. The van der Waals surface area contributed by atoms with Gasteiger partial charge >= 0.3 is 0 Å². The van der Waals surface area contributed by atoms with Crippen molar-refractivity contribution in [3.63, 3.8) is 0 Å². The van der Waals surface area contributed by atoms with E-state index in [1.54, 1.807) is 0 Å². The minimum atomic E-state index is -3.71. The number of rotatable bonds is 4. The average Bonchev–Trinajstić information content (AvgIpc) is 2.17. The number of halogens is 1. The molecule has 0 aromatic heterocycles. The van der Waals surface area contributed by atoms with Crippen LogP contribution in [0.5, 0.6) is 0 Å². The predicted molar refractivity (Wildman–Crippen MR) is 58.5 cm³/mol. The van der Waals surface area contributed by atoms with E-state index >= 15 is 0 Å². The summed E-state index contributed by atoms with van der Waals surface area (Å²) in [6, 6.07) is 4.32. The summed E-state index contributed by atoms with van der Waals surface area (Å²) in [5, 5.41) is 2.49. The lowest BCUT2D eigenvalue weighted by atomic mass is 10.1. The second-order valence-corrected chi connectivity index (χ2v) is 5.44. The van der Waals surface area contributed by atoms with Gasteiger partial charge in [0.15, 0.2) is 0 Å². The normalized spacial score (nSPS) is 11.1. The molecular formula is C9H10ClNO3S. The molecule has 1 aromatic carbocycles. The Bertz CT molecular complexity index is 470. The van der Waals surface area contributed by atoms with Crippen LogP contribution in [0, 0.1) is 0 Å². The van der Waals surface area contributed by atoms with Crippen molar-refractivity contribution < 1.29 is 13.2 Å². The Morgan fingerprint density at radius 2 is 2.13 bits per heavy atom. The van der Waals surface area contributed by atoms with Gasteiger partial charge in [0.25, 0.3) is 9.05 Å². The largest absolute Gasteiger partial charge is 0.328 e. The fourth-order valence-electron chi connectivity index (χ4n) is 1.22. The van der Waals surface area contributed by atoms with Crippen LogP contribution in [0.1, 0.15) is 12.5 Å². The lowest BCUT2D eigenvalue weighted by Crippen LogP contribution is -2.00. The summed E-state index contributed by atoms with van der Waals surface area (Å²) in [6.07, 6.45) is 1.15. The van der Waals surface area contributed by atoms with Crippen molar-refractivity contribution in [3.8, 4) is 0 Å². The number of benzene rings is 1. The maximum atomic E-state index is 11.0. The van der Waals surface area contributed by atoms with Gasteiger partial charge in [0, 0.05) is 16.4 Å². The summed E-state index contributed by atoms with van der Waals surface area (Å²) in [5.41, 5.74) is 1.32. The number of aryl methyl sites for hydroxylation is 1. The molecule has 82 valence electrons. The van der Waals surface area contributed by atoms with Crippen molar-refractivity contribution in [2.24, 2.45) is 0 Å². The van der Waals surface area contributed by atoms with Crippen molar-refractivity contribution in [1.82, 2.24) is 0 Å². The van der Waals surface area contributed by atoms with Gasteiger partial charge in [-0.05, 0) is 30.2 Å². The topological polar surface area (TPSA) is 63.2 Å². The van der Waals surface area contributed by atoms with Crippen LogP contribution in [0.25, 0.3) is 0 Å². The van der Waals surface area contributed by atoms with E-state index in [0.717, 1.165) is 5.56 Å². The summed E-state index contributed by atoms with van der Waals surface area (Å²) >= 11 is 0. The van der Waals surface area contributed by atoms with Crippen molar-refractivity contribution in [2.75, 3.05) is 5.32 Å². The minimum absolute atomic E-state index is 0.0393. The van der Waals surface area contributed by atoms with E-state index < -0.39 is 9.05 Å². The Labute approximate surface area is 92.7 Å². The molecule has 1 rings (SSSR count). The fraction of sp³-hybridized carbons (Fsp3) is 0.222. The maximum Gasteiger partial charge on any atom is 0.261 e. The van der Waals surface area contributed by atoms with E-state index in [0.29, 0.717) is 18.5 Å². The van der Waals surface area contributed by atoms with Crippen molar-refractivity contribution in [1.29, 1.82) is 0 Å². The number of amides is 1. The van der Waals surface area contributed by atoms with Crippen LogP contribution in [-0.2, 0) is 20.3 Å². The number of carbonyl (C=O) groups is 1. The molecule has 0 bridgehead atoms. The molecule has 4 nitrogen and oxygen atoms in total. The summed E-state index contributed by atoms with van der Waals surface area (Å²) in [5.74, 6) is 0. The highest BCUT2D eigenvalue weighted by Crippen LogP contribution is 2.22. The first-order valence-electron chi connectivity index (χ1n) is 4.26. The first-order chi connectivity index (χ1) is 6.99. The molecule has 0 aliphatic rings. The quantitative estimate of drug-likeness (QED) is 0.651. The van der Waals surface area contributed by atoms with E-state index in [2.05, 4.69) is 5.32 Å². The fourth-order valence-corrected chi connectivity index (χ4v) is 2.02. The van der Waals surface area contributed by atoms with E-state index in [1.165, 1.54) is 18.2 Å². The van der Waals surface area contributed by atoms with Crippen LogP contribution in [0.4, 0.5) is 5.69 Å². The SMILES string of the molecule is CCc1cc(S(=O)(=O)Cl)ccc1NC=O. The van der Waals surface area contributed by atoms with Crippen molar-refractivity contribution in [2.45, 2.75) is 18.2 Å². The Kier molecular flexibility index (Phi) is 3.71. The predicted octanol–water partition coefficient (Wildman–Crippen LogP) is 1.74. The lowest BCUT2D eigenvalue weighted by Gasteiger charge is -2.07. The summed E-state index contributed by atoms with van der Waals surface area (Å²) in [4.78, 5) is 10.3. The Balaban J connectivity index is 3.25. The third-order valence-electron chi connectivity index (χ3n) is 1.95. The van der Waals surface area contributed by atoms with Gasteiger partial charge in [-0.15, -0.1) is 0 Å². The second-order valence-electron chi connectivity index (χ2n) is 2.87. The van der Waals surface area contributed by atoms with Crippen molar-refractivity contribution in [3.05, 3.63) is 23.8 Å².